The van der Waals surface area contributed by atoms with Gasteiger partial charge in [0.1, 0.15) is 5.82 Å². The molecule has 1 aliphatic heterocycles. The number of hydrogen-bond donors (Lipinski definition) is 2. The van der Waals surface area contributed by atoms with Gasteiger partial charge < -0.3 is 15.2 Å². The third-order valence-corrected chi connectivity index (χ3v) is 6.30. The van der Waals surface area contributed by atoms with Crippen molar-refractivity contribution in [2.75, 3.05) is 18.9 Å². The zero-order valence-electron chi connectivity index (χ0n) is 19.1. The van der Waals surface area contributed by atoms with Crippen LogP contribution in [-0.2, 0) is 11.2 Å². The Morgan fingerprint density at radius 1 is 1.03 bits per heavy atom. The molecule has 2 N–H and O–H groups in total. The Hall–Kier alpha value is -4.26. The highest BCUT2D eigenvalue weighted by atomic mass is 16.2. The maximum Gasteiger partial charge on any atom is 0.256 e. The minimum Gasteiger partial charge on any atom is -0.357 e. The van der Waals surface area contributed by atoms with E-state index in [-0.39, 0.29) is 17.7 Å². The van der Waals surface area contributed by atoms with E-state index >= 15 is 0 Å². The van der Waals surface area contributed by atoms with E-state index in [0.29, 0.717) is 17.9 Å². The first-order valence-corrected chi connectivity index (χ1v) is 11.3. The first-order chi connectivity index (χ1) is 16.5. The number of fused-ring (bicyclic) bond motifs is 1. The highest BCUT2D eigenvalue weighted by molar-refractivity contribution is 6.06. The summed E-state index contributed by atoms with van der Waals surface area (Å²) in [4.78, 5) is 39.6. The lowest BCUT2D eigenvalue weighted by Crippen LogP contribution is -2.34. The average molecular weight is 452 g/mol. The molecule has 0 fully saturated rings. The zero-order chi connectivity index (χ0) is 23.7. The normalized spacial score (nSPS) is 13.9. The highest BCUT2D eigenvalue weighted by Crippen LogP contribution is 2.39. The summed E-state index contributed by atoms with van der Waals surface area (Å²) in [6.45, 7) is 2.52. The molecule has 1 aliphatic rings. The van der Waals surface area contributed by atoms with E-state index in [0.717, 1.165) is 40.1 Å². The van der Waals surface area contributed by atoms with Gasteiger partial charge in [0.2, 0.25) is 5.91 Å². The summed E-state index contributed by atoms with van der Waals surface area (Å²) in [5.74, 6) is -0.0317. The van der Waals surface area contributed by atoms with Gasteiger partial charge in [-0.1, -0.05) is 30.3 Å². The second-order valence-corrected chi connectivity index (χ2v) is 8.49. The number of aromatic nitrogens is 3. The van der Waals surface area contributed by atoms with Crippen LogP contribution in [0.25, 0.3) is 22.4 Å². The Morgan fingerprint density at radius 3 is 2.56 bits per heavy atom. The monoisotopic (exact) mass is 451 g/mol. The number of H-pyrrole nitrogens is 1. The number of amides is 2. The van der Waals surface area contributed by atoms with E-state index in [1.54, 1.807) is 23.5 Å². The molecule has 0 bridgehead atoms. The number of benzene rings is 1. The van der Waals surface area contributed by atoms with Crippen LogP contribution in [-0.4, -0.2) is 45.3 Å². The summed E-state index contributed by atoms with van der Waals surface area (Å²) in [7, 11) is 1.83. The number of nitrogens with one attached hydrogen (secondary N) is 2. The van der Waals surface area contributed by atoms with Crippen molar-refractivity contribution in [1.82, 2.24) is 19.9 Å². The molecule has 0 radical (unpaired) electrons. The molecule has 170 valence electrons. The minimum absolute atomic E-state index is 0.0105. The fourth-order valence-corrected chi connectivity index (χ4v) is 4.35. The van der Waals surface area contributed by atoms with Crippen LogP contribution in [0.3, 0.4) is 0 Å². The quantitative estimate of drug-likeness (QED) is 0.467. The Labute approximate surface area is 197 Å². The fraction of sp³-hybridized carbons (Fsp3) is 0.185. The molecule has 4 heterocycles. The van der Waals surface area contributed by atoms with Gasteiger partial charge in [0.25, 0.3) is 5.91 Å². The minimum atomic E-state index is -0.348. The molecule has 1 aromatic carbocycles. The molecule has 0 spiro atoms. The number of rotatable bonds is 5. The van der Waals surface area contributed by atoms with Crippen molar-refractivity contribution < 1.29 is 9.59 Å². The van der Waals surface area contributed by atoms with E-state index in [1.807, 2.05) is 68.6 Å². The molecule has 0 saturated heterocycles. The van der Waals surface area contributed by atoms with Gasteiger partial charge in [0.15, 0.2) is 0 Å². The van der Waals surface area contributed by atoms with Crippen LogP contribution in [0.5, 0.6) is 0 Å². The second-order valence-electron chi connectivity index (χ2n) is 8.49. The third-order valence-electron chi connectivity index (χ3n) is 6.30. The van der Waals surface area contributed by atoms with Crippen molar-refractivity contribution in [3.63, 3.8) is 0 Å². The van der Waals surface area contributed by atoms with Crippen LogP contribution in [0.1, 0.15) is 34.5 Å². The van der Waals surface area contributed by atoms with Gasteiger partial charge in [0.05, 0.1) is 17.2 Å². The lowest BCUT2D eigenvalue weighted by molar-refractivity contribution is -0.117. The van der Waals surface area contributed by atoms with Crippen molar-refractivity contribution in [2.45, 2.75) is 19.3 Å². The molecule has 4 aromatic rings. The van der Waals surface area contributed by atoms with Crippen LogP contribution in [0.4, 0.5) is 5.82 Å². The second kappa shape index (κ2) is 8.94. The summed E-state index contributed by atoms with van der Waals surface area (Å²) >= 11 is 0. The van der Waals surface area contributed by atoms with E-state index in [2.05, 4.69) is 20.3 Å². The van der Waals surface area contributed by atoms with Gasteiger partial charge in [-0.2, -0.15) is 0 Å². The molecule has 7 heteroatoms. The largest absolute Gasteiger partial charge is 0.357 e. The van der Waals surface area contributed by atoms with Gasteiger partial charge in [0, 0.05) is 55.4 Å². The van der Waals surface area contributed by atoms with Crippen molar-refractivity contribution in [1.29, 1.82) is 0 Å². The van der Waals surface area contributed by atoms with E-state index in [1.165, 1.54) is 0 Å². The lowest BCUT2D eigenvalue weighted by atomic mass is 9.94. The predicted octanol–water partition coefficient (Wildman–Crippen LogP) is 4.51. The molecule has 1 unspecified atom stereocenters. The van der Waals surface area contributed by atoms with Crippen LogP contribution < -0.4 is 5.32 Å². The average Bonchev–Trinajstić information content (AvgIpc) is 3.27. The maximum atomic E-state index is 13.1. The Kier molecular flexibility index (Phi) is 5.67. The van der Waals surface area contributed by atoms with Crippen molar-refractivity contribution in [3.8, 4) is 22.4 Å². The molecule has 7 nitrogen and oxygen atoms in total. The number of likely N-dealkylation sites (N-methyl/N-ethyl adjacent to an activating group) is 1. The van der Waals surface area contributed by atoms with Crippen molar-refractivity contribution in [3.05, 3.63) is 90.0 Å². The molecular formula is C27H25N5O2. The zero-order valence-corrected chi connectivity index (χ0v) is 19.1. The number of aromatic amines is 1. The molecule has 5 rings (SSSR count). The van der Waals surface area contributed by atoms with Crippen LogP contribution in [0.2, 0.25) is 0 Å². The van der Waals surface area contributed by atoms with Gasteiger partial charge in [-0.3, -0.25) is 14.6 Å². The number of carbonyl (C=O) groups is 2. The molecule has 3 aromatic heterocycles. The number of nitrogens with zero attached hydrogens (tertiary/aromatic N) is 3. The SMILES string of the molecule is CC(C(=O)Nc1cc(-c2[nH]c3c(c2-c2ccccc2)C(=O)N(C)CC3)ccn1)c1ccncc1. The topological polar surface area (TPSA) is 91.0 Å². The van der Waals surface area contributed by atoms with Gasteiger partial charge in [-0.05, 0) is 42.3 Å². The van der Waals surface area contributed by atoms with Crippen LogP contribution in [0, 0.1) is 0 Å². The predicted molar refractivity (Wildman–Crippen MR) is 131 cm³/mol. The third kappa shape index (κ3) is 3.96. The fourth-order valence-electron chi connectivity index (χ4n) is 4.35. The Bertz CT molecular complexity index is 1350. The summed E-state index contributed by atoms with van der Waals surface area (Å²) in [6.07, 6.45) is 5.78. The molecule has 0 aliphatic carbocycles. The van der Waals surface area contributed by atoms with Crippen molar-refractivity contribution >= 4 is 17.6 Å². The van der Waals surface area contributed by atoms with E-state index < -0.39 is 0 Å². The number of anilines is 1. The molecular weight excluding hydrogens is 426 g/mol. The van der Waals surface area contributed by atoms with Crippen molar-refractivity contribution in [2.24, 2.45) is 0 Å². The number of pyridine rings is 2. The summed E-state index contributed by atoms with van der Waals surface area (Å²) in [5.41, 5.74) is 6.07. The summed E-state index contributed by atoms with van der Waals surface area (Å²) in [6, 6.07) is 17.3. The lowest BCUT2D eigenvalue weighted by Gasteiger charge is -2.23. The smallest absolute Gasteiger partial charge is 0.256 e. The Balaban J connectivity index is 1.53. The molecule has 2 amide bonds. The molecule has 1 atom stereocenters. The first kappa shape index (κ1) is 21.6. The summed E-state index contributed by atoms with van der Waals surface area (Å²) < 4.78 is 0. The number of hydrogen-bond acceptors (Lipinski definition) is 4. The summed E-state index contributed by atoms with van der Waals surface area (Å²) in [5, 5.41) is 2.93. The maximum absolute atomic E-state index is 13.1. The van der Waals surface area contributed by atoms with Crippen LogP contribution in [0.15, 0.2) is 73.2 Å². The van der Waals surface area contributed by atoms with Gasteiger partial charge in [-0.25, -0.2) is 4.98 Å². The van der Waals surface area contributed by atoms with E-state index in [4.69, 9.17) is 0 Å². The first-order valence-electron chi connectivity index (χ1n) is 11.3. The molecule has 34 heavy (non-hydrogen) atoms. The van der Waals surface area contributed by atoms with E-state index in [9.17, 15) is 9.59 Å². The van der Waals surface area contributed by atoms with Gasteiger partial charge >= 0.3 is 0 Å². The standard InChI is InChI=1S/C27H25N5O2/c1-17(18-8-12-28-13-9-18)26(33)31-22-16-20(10-14-29-22)25-23(19-6-4-3-5-7-19)24-21(30-25)11-15-32(2)27(24)34/h3-10,12-14,16-17,30H,11,15H2,1-2H3,(H,29,31,33). The van der Waals surface area contributed by atoms with Crippen LogP contribution >= 0.6 is 0 Å². The highest BCUT2D eigenvalue weighted by Gasteiger charge is 2.30. The number of carbonyl (C=O) groups excluding carboxylic acids is 2. The Morgan fingerprint density at radius 2 is 1.79 bits per heavy atom. The van der Waals surface area contributed by atoms with Gasteiger partial charge in [-0.15, -0.1) is 0 Å². The molecule has 0 saturated carbocycles.